The Labute approximate surface area is 119 Å². The minimum Gasteiger partial charge on any atom is -0.392 e. The molecule has 0 saturated carbocycles. The number of aliphatic hydroxyl groups excluding tert-OH is 1. The molecule has 7 nitrogen and oxygen atoms in total. The molecule has 0 radical (unpaired) electrons. The van der Waals surface area contributed by atoms with E-state index in [9.17, 15) is 23.7 Å². The zero-order valence-corrected chi connectivity index (χ0v) is 11.2. The molecule has 0 aromatic heterocycles. The molecule has 116 valence electrons. The molecule has 3 N–H and O–H groups in total. The summed E-state index contributed by atoms with van der Waals surface area (Å²) in [6.45, 7) is 2.33. The standard InChI is InChI=1S/C12H15F2N3O4/c1-7(18)6-15-2-3-16-12(19)8-4-9(13)10(14)5-11(8)17(20)21/h4-5,7,15,18H,2-3,6H2,1H3,(H,16,19). The maximum absolute atomic E-state index is 13.1. The van der Waals surface area contributed by atoms with Crippen molar-refractivity contribution in [3.63, 3.8) is 0 Å². The lowest BCUT2D eigenvalue weighted by Gasteiger charge is -2.08. The van der Waals surface area contributed by atoms with Crippen molar-refractivity contribution < 1.29 is 23.6 Å². The highest BCUT2D eigenvalue weighted by Crippen LogP contribution is 2.22. The van der Waals surface area contributed by atoms with Gasteiger partial charge in [-0.05, 0) is 13.0 Å². The third-order valence-corrected chi connectivity index (χ3v) is 2.51. The number of aliphatic hydroxyl groups is 1. The van der Waals surface area contributed by atoms with Crippen LogP contribution >= 0.6 is 0 Å². The molecule has 1 aromatic carbocycles. The SMILES string of the molecule is CC(O)CNCCNC(=O)c1cc(F)c(F)cc1[N+](=O)[O-]. The number of carbonyl (C=O) groups is 1. The van der Waals surface area contributed by atoms with Crippen molar-refractivity contribution in [2.24, 2.45) is 0 Å². The Morgan fingerprint density at radius 1 is 1.38 bits per heavy atom. The summed E-state index contributed by atoms with van der Waals surface area (Å²) >= 11 is 0. The van der Waals surface area contributed by atoms with Gasteiger partial charge in [-0.2, -0.15) is 0 Å². The number of hydrogen-bond acceptors (Lipinski definition) is 5. The smallest absolute Gasteiger partial charge is 0.285 e. The van der Waals surface area contributed by atoms with Gasteiger partial charge in [0.1, 0.15) is 5.56 Å². The van der Waals surface area contributed by atoms with E-state index < -0.39 is 39.8 Å². The molecule has 0 bridgehead atoms. The molecule has 21 heavy (non-hydrogen) atoms. The van der Waals surface area contributed by atoms with Crippen LogP contribution in [0.15, 0.2) is 12.1 Å². The largest absolute Gasteiger partial charge is 0.392 e. The normalized spacial score (nSPS) is 12.0. The number of halogens is 2. The number of nitro groups is 1. The average molecular weight is 303 g/mol. The summed E-state index contributed by atoms with van der Waals surface area (Å²) in [5.74, 6) is -3.60. The van der Waals surface area contributed by atoms with Crippen LogP contribution in [0.4, 0.5) is 14.5 Å². The van der Waals surface area contributed by atoms with Crippen LogP contribution in [0.1, 0.15) is 17.3 Å². The number of hydrogen-bond donors (Lipinski definition) is 3. The Morgan fingerprint density at radius 2 is 2.00 bits per heavy atom. The second-order valence-corrected chi connectivity index (χ2v) is 4.35. The molecular weight excluding hydrogens is 288 g/mol. The molecule has 1 unspecified atom stereocenters. The van der Waals surface area contributed by atoms with Crippen LogP contribution in [0, 0.1) is 21.7 Å². The van der Waals surface area contributed by atoms with Gasteiger partial charge in [-0.1, -0.05) is 0 Å². The summed E-state index contributed by atoms with van der Waals surface area (Å²) in [7, 11) is 0. The molecule has 0 saturated heterocycles. The highest BCUT2D eigenvalue weighted by atomic mass is 19.2. The van der Waals surface area contributed by atoms with Gasteiger partial charge < -0.3 is 15.7 Å². The van der Waals surface area contributed by atoms with Gasteiger partial charge in [0.15, 0.2) is 11.6 Å². The number of rotatable bonds is 7. The third-order valence-electron chi connectivity index (χ3n) is 2.51. The fourth-order valence-electron chi connectivity index (χ4n) is 1.54. The van der Waals surface area contributed by atoms with Crippen molar-refractivity contribution in [2.75, 3.05) is 19.6 Å². The lowest BCUT2D eigenvalue weighted by Crippen LogP contribution is -2.34. The summed E-state index contributed by atoms with van der Waals surface area (Å²) in [5.41, 5.74) is -1.35. The second kappa shape index (κ2) is 7.60. The Hall–Kier alpha value is -2.13. The van der Waals surface area contributed by atoms with Gasteiger partial charge in [0, 0.05) is 19.6 Å². The van der Waals surface area contributed by atoms with Crippen LogP contribution < -0.4 is 10.6 Å². The van der Waals surface area contributed by atoms with Crippen molar-refractivity contribution in [1.29, 1.82) is 0 Å². The Balaban J connectivity index is 2.69. The number of carbonyl (C=O) groups excluding carboxylic acids is 1. The van der Waals surface area contributed by atoms with Crippen LogP contribution in [-0.2, 0) is 0 Å². The first-order valence-corrected chi connectivity index (χ1v) is 6.13. The van der Waals surface area contributed by atoms with Crippen molar-refractivity contribution in [2.45, 2.75) is 13.0 Å². The molecule has 0 aliphatic carbocycles. The van der Waals surface area contributed by atoms with E-state index in [1.165, 1.54) is 0 Å². The minimum atomic E-state index is -1.39. The topological polar surface area (TPSA) is 104 Å². The Kier molecular flexibility index (Phi) is 6.12. The average Bonchev–Trinajstić information content (AvgIpc) is 2.40. The summed E-state index contributed by atoms with van der Waals surface area (Å²) in [4.78, 5) is 21.5. The van der Waals surface area contributed by atoms with E-state index in [0.717, 1.165) is 0 Å². The molecular formula is C12H15F2N3O4. The van der Waals surface area contributed by atoms with Crippen LogP contribution in [0.25, 0.3) is 0 Å². The van der Waals surface area contributed by atoms with E-state index in [1.807, 2.05) is 0 Å². The van der Waals surface area contributed by atoms with Crippen molar-refractivity contribution >= 4 is 11.6 Å². The summed E-state index contributed by atoms with van der Waals surface area (Å²) in [6.07, 6.45) is -0.548. The van der Waals surface area contributed by atoms with Crippen LogP contribution in [0.5, 0.6) is 0 Å². The summed E-state index contributed by atoms with van der Waals surface area (Å²) in [6, 6.07) is 0.863. The minimum absolute atomic E-state index is 0.113. The molecule has 1 aromatic rings. The molecule has 0 aliphatic rings. The molecule has 9 heteroatoms. The zero-order chi connectivity index (χ0) is 16.0. The summed E-state index contributed by atoms with van der Waals surface area (Å²) < 4.78 is 26.1. The molecule has 0 heterocycles. The van der Waals surface area contributed by atoms with E-state index in [2.05, 4.69) is 10.6 Å². The van der Waals surface area contributed by atoms with Crippen molar-refractivity contribution in [3.8, 4) is 0 Å². The Bertz CT molecular complexity index is 537. The van der Waals surface area contributed by atoms with E-state index in [0.29, 0.717) is 25.2 Å². The van der Waals surface area contributed by atoms with Crippen LogP contribution in [0.3, 0.4) is 0 Å². The number of nitrogens with one attached hydrogen (secondary N) is 2. The fraction of sp³-hybridized carbons (Fsp3) is 0.417. The highest BCUT2D eigenvalue weighted by Gasteiger charge is 2.23. The highest BCUT2D eigenvalue weighted by molar-refractivity contribution is 5.98. The maximum Gasteiger partial charge on any atom is 0.285 e. The maximum atomic E-state index is 13.1. The third kappa shape index (κ3) is 5.04. The predicted molar refractivity (Wildman–Crippen MR) is 69.9 cm³/mol. The van der Waals surface area contributed by atoms with Gasteiger partial charge in [-0.25, -0.2) is 8.78 Å². The first kappa shape index (κ1) is 16.9. The lowest BCUT2D eigenvalue weighted by molar-refractivity contribution is -0.385. The first-order chi connectivity index (χ1) is 9.82. The lowest BCUT2D eigenvalue weighted by atomic mass is 10.1. The second-order valence-electron chi connectivity index (χ2n) is 4.35. The monoisotopic (exact) mass is 303 g/mol. The number of nitrogens with zero attached hydrogens (tertiary/aromatic N) is 1. The quantitative estimate of drug-likeness (QED) is 0.388. The summed E-state index contributed by atoms with van der Waals surface area (Å²) in [5, 5.41) is 24.9. The Morgan fingerprint density at radius 3 is 2.57 bits per heavy atom. The van der Waals surface area contributed by atoms with Crippen LogP contribution in [0.2, 0.25) is 0 Å². The van der Waals surface area contributed by atoms with Gasteiger partial charge in [0.2, 0.25) is 0 Å². The van der Waals surface area contributed by atoms with E-state index in [1.54, 1.807) is 6.92 Å². The van der Waals surface area contributed by atoms with Crippen LogP contribution in [-0.4, -0.2) is 41.7 Å². The van der Waals surface area contributed by atoms with Crippen molar-refractivity contribution in [1.82, 2.24) is 10.6 Å². The molecule has 0 aliphatic heterocycles. The fourth-order valence-corrected chi connectivity index (χ4v) is 1.54. The van der Waals surface area contributed by atoms with Gasteiger partial charge in [-0.3, -0.25) is 14.9 Å². The molecule has 1 amide bonds. The molecule has 0 spiro atoms. The number of nitro benzene ring substituents is 1. The van der Waals surface area contributed by atoms with E-state index in [-0.39, 0.29) is 6.54 Å². The van der Waals surface area contributed by atoms with E-state index in [4.69, 9.17) is 5.11 Å². The first-order valence-electron chi connectivity index (χ1n) is 6.13. The van der Waals surface area contributed by atoms with Gasteiger partial charge >= 0.3 is 0 Å². The predicted octanol–water partition coefficient (Wildman–Crippen LogP) is 0.573. The molecule has 1 atom stereocenters. The van der Waals surface area contributed by atoms with Crippen molar-refractivity contribution in [3.05, 3.63) is 39.4 Å². The number of benzene rings is 1. The van der Waals surface area contributed by atoms with Gasteiger partial charge in [0.05, 0.1) is 17.1 Å². The molecule has 0 fully saturated rings. The molecule has 1 rings (SSSR count). The van der Waals surface area contributed by atoms with Gasteiger partial charge in [-0.15, -0.1) is 0 Å². The number of amides is 1. The van der Waals surface area contributed by atoms with E-state index >= 15 is 0 Å². The zero-order valence-electron chi connectivity index (χ0n) is 11.2. The van der Waals surface area contributed by atoms with Gasteiger partial charge in [0.25, 0.3) is 11.6 Å².